The highest BCUT2D eigenvalue weighted by atomic mass is 35.5. The minimum Gasteiger partial charge on any atom is -0.362 e. The molecule has 1 rings (SSSR count). The molecule has 0 aliphatic carbocycles. The third-order valence-electron chi connectivity index (χ3n) is 1.97. The van der Waals surface area contributed by atoms with E-state index in [1.54, 1.807) is 0 Å². The zero-order valence-electron chi connectivity index (χ0n) is 7.22. The molecule has 66 valence electrons. The standard InChI is InChI=1S/C8H16ClNO/c1-7(2)8-10(4-3-9)5-6-11-8/h7-8H,3-6H2,1-2H3. The van der Waals surface area contributed by atoms with Gasteiger partial charge in [-0.05, 0) is 5.92 Å². The summed E-state index contributed by atoms with van der Waals surface area (Å²) in [7, 11) is 0. The van der Waals surface area contributed by atoms with Gasteiger partial charge in [0, 0.05) is 19.0 Å². The summed E-state index contributed by atoms with van der Waals surface area (Å²) in [5.41, 5.74) is 0. The topological polar surface area (TPSA) is 12.5 Å². The van der Waals surface area contributed by atoms with Crippen molar-refractivity contribution in [2.45, 2.75) is 20.1 Å². The lowest BCUT2D eigenvalue weighted by Crippen LogP contribution is -2.35. The lowest BCUT2D eigenvalue weighted by atomic mass is 10.2. The van der Waals surface area contributed by atoms with Gasteiger partial charge in [-0.2, -0.15) is 0 Å². The Hall–Kier alpha value is 0.210. The molecule has 3 heteroatoms. The summed E-state index contributed by atoms with van der Waals surface area (Å²) in [5.74, 6) is 1.27. The van der Waals surface area contributed by atoms with E-state index >= 15 is 0 Å². The lowest BCUT2D eigenvalue weighted by molar-refractivity contribution is 0.000937. The van der Waals surface area contributed by atoms with Crippen molar-refractivity contribution in [1.29, 1.82) is 0 Å². The maximum Gasteiger partial charge on any atom is 0.113 e. The molecule has 1 unspecified atom stereocenters. The summed E-state index contributed by atoms with van der Waals surface area (Å²) in [5, 5.41) is 0. The molecule has 0 amide bonds. The first-order valence-electron chi connectivity index (χ1n) is 4.17. The molecule has 11 heavy (non-hydrogen) atoms. The molecule has 0 aromatic carbocycles. The van der Waals surface area contributed by atoms with Crippen molar-refractivity contribution in [2.24, 2.45) is 5.92 Å². The average molecular weight is 178 g/mol. The van der Waals surface area contributed by atoms with Crippen LogP contribution < -0.4 is 0 Å². The van der Waals surface area contributed by atoms with E-state index < -0.39 is 0 Å². The van der Waals surface area contributed by atoms with Crippen LogP contribution in [-0.2, 0) is 4.74 Å². The van der Waals surface area contributed by atoms with Crippen LogP contribution in [0.5, 0.6) is 0 Å². The van der Waals surface area contributed by atoms with E-state index in [0.717, 1.165) is 19.7 Å². The van der Waals surface area contributed by atoms with E-state index in [1.807, 2.05) is 0 Å². The minimum atomic E-state index is 0.300. The van der Waals surface area contributed by atoms with E-state index in [9.17, 15) is 0 Å². The summed E-state index contributed by atoms with van der Waals surface area (Å²) in [4.78, 5) is 2.30. The molecular formula is C8H16ClNO. The Balaban J connectivity index is 2.37. The molecule has 0 bridgehead atoms. The van der Waals surface area contributed by atoms with Gasteiger partial charge in [-0.25, -0.2) is 0 Å². The molecule has 0 saturated carbocycles. The van der Waals surface area contributed by atoms with E-state index in [2.05, 4.69) is 18.7 Å². The van der Waals surface area contributed by atoms with Gasteiger partial charge in [0.25, 0.3) is 0 Å². The number of nitrogens with zero attached hydrogens (tertiary/aromatic N) is 1. The zero-order valence-corrected chi connectivity index (χ0v) is 7.97. The molecule has 1 saturated heterocycles. The molecule has 0 aromatic rings. The van der Waals surface area contributed by atoms with Gasteiger partial charge in [-0.3, -0.25) is 4.90 Å². The number of ether oxygens (including phenoxy) is 1. The highest BCUT2D eigenvalue weighted by molar-refractivity contribution is 6.18. The van der Waals surface area contributed by atoms with Crippen LogP contribution in [0.3, 0.4) is 0 Å². The Morgan fingerprint density at radius 1 is 1.64 bits per heavy atom. The molecule has 1 aliphatic heterocycles. The molecule has 0 N–H and O–H groups in total. The van der Waals surface area contributed by atoms with Crippen molar-refractivity contribution < 1.29 is 4.74 Å². The summed E-state index contributed by atoms with van der Waals surface area (Å²) in [6.45, 7) is 7.20. The van der Waals surface area contributed by atoms with Crippen molar-refractivity contribution in [3.05, 3.63) is 0 Å². The monoisotopic (exact) mass is 177 g/mol. The largest absolute Gasteiger partial charge is 0.362 e. The maximum atomic E-state index is 5.65. The van der Waals surface area contributed by atoms with E-state index in [4.69, 9.17) is 16.3 Å². The van der Waals surface area contributed by atoms with E-state index in [0.29, 0.717) is 18.0 Å². The van der Waals surface area contributed by atoms with Crippen LogP contribution in [0.4, 0.5) is 0 Å². The highest BCUT2D eigenvalue weighted by Crippen LogP contribution is 2.17. The van der Waals surface area contributed by atoms with Gasteiger partial charge in [0.2, 0.25) is 0 Å². The van der Waals surface area contributed by atoms with E-state index in [-0.39, 0.29) is 0 Å². The maximum absolute atomic E-state index is 5.65. The van der Waals surface area contributed by atoms with Crippen molar-refractivity contribution in [1.82, 2.24) is 4.90 Å². The molecule has 0 spiro atoms. The number of alkyl halides is 1. The van der Waals surface area contributed by atoms with Crippen molar-refractivity contribution in [3.8, 4) is 0 Å². The van der Waals surface area contributed by atoms with Crippen LogP contribution >= 0.6 is 11.6 Å². The van der Waals surface area contributed by atoms with Crippen molar-refractivity contribution in [2.75, 3.05) is 25.6 Å². The van der Waals surface area contributed by atoms with Gasteiger partial charge in [0.1, 0.15) is 6.23 Å². The van der Waals surface area contributed by atoms with Gasteiger partial charge in [0.15, 0.2) is 0 Å². The molecule has 0 aromatic heterocycles. The number of rotatable bonds is 3. The SMILES string of the molecule is CC(C)C1OCCN1CCCl. The van der Waals surface area contributed by atoms with Crippen LogP contribution in [0, 0.1) is 5.92 Å². The molecule has 1 heterocycles. The van der Waals surface area contributed by atoms with E-state index in [1.165, 1.54) is 0 Å². The van der Waals surface area contributed by atoms with Crippen LogP contribution in [0.2, 0.25) is 0 Å². The van der Waals surface area contributed by atoms with Crippen LogP contribution in [0.25, 0.3) is 0 Å². The zero-order chi connectivity index (χ0) is 8.27. The third-order valence-corrected chi connectivity index (χ3v) is 2.14. The van der Waals surface area contributed by atoms with Gasteiger partial charge in [0.05, 0.1) is 6.61 Å². The number of hydrogen-bond acceptors (Lipinski definition) is 2. The predicted octanol–water partition coefficient (Wildman–Crippen LogP) is 1.54. The Morgan fingerprint density at radius 2 is 2.36 bits per heavy atom. The Labute approximate surface area is 73.5 Å². The Kier molecular flexibility index (Phi) is 3.63. The number of hydrogen-bond donors (Lipinski definition) is 0. The van der Waals surface area contributed by atoms with Crippen molar-refractivity contribution >= 4 is 11.6 Å². The fraction of sp³-hybridized carbons (Fsp3) is 1.00. The fourth-order valence-corrected chi connectivity index (χ4v) is 1.70. The fourth-order valence-electron chi connectivity index (χ4n) is 1.49. The van der Waals surface area contributed by atoms with Crippen molar-refractivity contribution in [3.63, 3.8) is 0 Å². The second kappa shape index (κ2) is 4.29. The van der Waals surface area contributed by atoms with Gasteiger partial charge in [-0.1, -0.05) is 13.8 Å². The van der Waals surface area contributed by atoms with Crippen LogP contribution in [0.1, 0.15) is 13.8 Å². The normalized spacial score (nSPS) is 26.7. The predicted molar refractivity (Wildman–Crippen MR) is 46.9 cm³/mol. The third kappa shape index (κ3) is 2.32. The molecule has 1 aliphatic rings. The summed E-state index contributed by atoms with van der Waals surface area (Å²) in [6.07, 6.45) is 0.300. The number of halogens is 1. The smallest absolute Gasteiger partial charge is 0.113 e. The lowest BCUT2D eigenvalue weighted by Gasteiger charge is -2.24. The molecule has 0 radical (unpaired) electrons. The Morgan fingerprint density at radius 3 is 2.91 bits per heavy atom. The highest BCUT2D eigenvalue weighted by Gasteiger charge is 2.26. The first-order valence-corrected chi connectivity index (χ1v) is 4.70. The second-order valence-corrected chi connectivity index (χ2v) is 3.61. The molecule has 1 atom stereocenters. The Bertz CT molecular complexity index is 119. The van der Waals surface area contributed by atoms with Gasteiger partial charge >= 0.3 is 0 Å². The van der Waals surface area contributed by atoms with Crippen LogP contribution in [-0.4, -0.2) is 36.7 Å². The van der Waals surface area contributed by atoms with Crippen LogP contribution in [0.15, 0.2) is 0 Å². The molecule has 1 fully saturated rings. The minimum absolute atomic E-state index is 0.300. The average Bonchev–Trinajstić information content (AvgIpc) is 2.36. The second-order valence-electron chi connectivity index (χ2n) is 3.23. The van der Waals surface area contributed by atoms with Gasteiger partial charge in [-0.15, -0.1) is 11.6 Å². The first-order chi connectivity index (χ1) is 5.25. The molecule has 2 nitrogen and oxygen atoms in total. The summed E-state index contributed by atoms with van der Waals surface area (Å²) < 4.78 is 5.55. The summed E-state index contributed by atoms with van der Waals surface area (Å²) in [6, 6.07) is 0. The summed E-state index contributed by atoms with van der Waals surface area (Å²) >= 11 is 5.65. The molecular weight excluding hydrogens is 162 g/mol. The van der Waals surface area contributed by atoms with Gasteiger partial charge < -0.3 is 4.74 Å². The first kappa shape index (κ1) is 9.30. The quantitative estimate of drug-likeness (QED) is 0.607.